The molecule has 9 nitrogen and oxygen atoms in total. The fourth-order valence-electron chi connectivity index (χ4n) is 4.53. The van der Waals surface area contributed by atoms with Crippen LogP contribution in [0.1, 0.15) is 31.2 Å². The van der Waals surface area contributed by atoms with Crippen LogP contribution in [0.15, 0.2) is 107 Å². The number of aromatic hydroxyl groups is 1. The molecule has 0 spiro atoms. The molecule has 0 aliphatic carbocycles. The number of benzene rings is 4. The van der Waals surface area contributed by atoms with Crippen LogP contribution in [0.3, 0.4) is 0 Å². The molecule has 1 heterocycles. The first-order valence-corrected chi connectivity index (χ1v) is 15.8. The zero-order valence-electron chi connectivity index (χ0n) is 23.5. The number of sulfonamides is 1. The zero-order chi connectivity index (χ0) is 31.3. The summed E-state index contributed by atoms with van der Waals surface area (Å²) in [6.07, 6.45) is 0.490. The number of carbonyl (C=O) groups is 2. The number of thiophene rings is 1. The van der Waals surface area contributed by atoms with Gasteiger partial charge in [0.1, 0.15) is 21.3 Å². The van der Waals surface area contributed by atoms with Gasteiger partial charge in [-0.1, -0.05) is 36.4 Å². The Balaban J connectivity index is 1.17. The van der Waals surface area contributed by atoms with Crippen molar-refractivity contribution in [1.29, 1.82) is 0 Å². The summed E-state index contributed by atoms with van der Waals surface area (Å²) in [4.78, 5) is 23.8. The van der Waals surface area contributed by atoms with Gasteiger partial charge in [0.25, 0.3) is 15.9 Å². The highest BCUT2D eigenvalue weighted by Crippen LogP contribution is 2.27. The molecule has 0 aliphatic heterocycles. The fourth-order valence-corrected chi connectivity index (χ4v) is 6.84. The average Bonchev–Trinajstić information content (AvgIpc) is 3.51. The van der Waals surface area contributed by atoms with Crippen molar-refractivity contribution < 1.29 is 33.0 Å². The molecule has 0 saturated heterocycles. The molecule has 0 fully saturated rings. The fraction of sp³-hybridized carbons (Fsp3) is 0.0909. The predicted octanol–water partition coefficient (Wildman–Crippen LogP) is 6.80. The van der Waals surface area contributed by atoms with Crippen molar-refractivity contribution in [3.63, 3.8) is 0 Å². The normalized spacial score (nSPS) is 11.1. The lowest BCUT2D eigenvalue weighted by atomic mass is 10.0. The van der Waals surface area contributed by atoms with Gasteiger partial charge in [-0.3, -0.25) is 9.52 Å². The lowest BCUT2D eigenvalue weighted by Gasteiger charge is -2.13. The highest BCUT2D eigenvalue weighted by molar-refractivity contribution is 7.93. The van der Waals surface area contributed by atoms with Crippen molar-refractivity contribution in [2.24, 2.45) is 0 Å². The van der Waals surface area contributed by atoms with E-state index in [-0.39, 0.29) is 21.4 Å². The Morgan fingerprint density at radius 1 is 0.864 bits per heavy atom. The average molecular weight is 629 g/mol. The van der Waals surface area contributed by atoms with Gasteiger partial charge in [0.05, 0.1) is 6.61 Å². The second-order valence-electron chi connectivity index (χ2n) is 9.89. The zero-order valence-corrected chi connectivity index (χ0v) is 25.1. The van der Waals surface area contributed by atoms with Gasteiger partial charge in [0, 0.05) is 23.4 Å². The first-order valence-electron chi connectivity index (χ1n) is 13.5. The molecule has 4 aromatic carbocycles. The Labute approximate surface area is 258 Å². The Morgan fingerprint density at radius 2 is 1.64 bits per heavy atom. The molecule has 0 bridgehead atoms. The molecule has 44 heavy (non-hydrogen) atoms. The molecule has 0 saturated carbocycles. The van der Waals surface area contributed by atoms with E-state index in [2.05, 4.69) is 10.0 Å². The number of carboxylic acids is 1. The molecule has 5 rings (SSSR count). The van der Waals surface area contributed by atoms with E-state index in [1.807, 2.05) is 31.2 Å². The van der Waals surface area contributed by atoms with Gasteiger partial charge in [-0.2, -0.15) is 0 Å². The number of amides is 1. The third kappa shape index (κ3) is 7.25. The van der Waals surface area contributed by atoms with Crippen molar-refractivity contribution in [2.75, 3.05) is 16.6 Å². The quantitative estimate of drug-likeness (QED) is 0.126. The minimum Gasteiger partial charge on any atom is -0.508 e. The summed E-state index contributed by atoms with van der Waals surface area (Å²) < 4.78 is 34.0. The van der Waals surface area contributed by atoms with Crippen molar-refractivity contribution in [2.45, 2.75) is 18.2 Å². The van der Waals surface area contributed by atoms with E-state index in [0.717, 1.165) is 33.6 Å². The van der Waals surface area contributed by atoms with E-state index in [1.165, 1.54) is 11.4 Å². The van der Waals surface area contributed by atoms with E-state index >= 15 is 0 Å². The summed E-state index contributed by atoms with van der Waals surface area (Å²) in [5, 5.41) is 23.1. The monoisotopic (exact) mass is 628 g/mol. The van der Waals surface area contributed by atoms with Crippen LogP contribution in [0, 0.1) is 6.92 Å². The van der Waals surface area contributed by atoms with E-state index in [1.54, 1.807) is 66.7 Å². The SMILES string of the molecule is Cc1cc(NC(=O)c2cccc(-c3ccc(O)cc3)c2)ccc1OCCc1cccc(NS(=O)(=O)c2ccsc2C(=O)O)c1. The number of ether oxygens (including phenoxy) is 1. The summed E-state index contributed by atoms with van der Waals surface area (Å²) in [5.74, 6) is -0.733. The van der Waals surface area contributed by atoms with E-state index in [4.69, 9.17) is 4.74 Å². The van der Waals surface area contributed by atoms with Crippen LogP contribution < -0.4 is 14.8 Å². The van der Waals surface area contributed by atoms with E-state index < -0.39 is 16.0 Å². The maximum atomic E-state index is 13.0. The molecule has 0 atom stereocenters. The molecule has 4 N–H and O–H groups in total. The van der Waals surface area contributed by atoms with Gasteiger partial charge in [-0.15, -0.1) is 11.3 Å². The van der Waals surface area contributed by atoms with Crippen LogP contribution in [0.25, 0.3) is 11.1 Å². The minimum atomic E-state index is -4.07. The molecule has 11 heteroatoms. The smallest absolute Gasteiger partial charge is 0.347 e. The van der Waals surface area contributed by atoms with Crippen LogP contribution in [0.2, 0.25) is 0 Å². The molecular weight excluding hydrogens is 601 g/mol. The number of phenolic OH excluding ortho intramolecular Hbond substituents is 1. The molecule has 5 aromatic rings. The number of phenols is 1. The molecule has 0 unspecified atom stereocenters. The third-order valence-electron chi connectivity index (χ3n) is 6.70. The maximum absolute atomic E-state index is 13.0. The van der Waals surface area contributed by atoms with E-state index in [0.29, 0.717) is 35.7 Å². The maximum Gasteiger partial charge on any atom is 0.347 e. The van der Waals surface area contributed by atoms with Gasteiger partial charge in [0.2, 0.25) is 0 Å². The van der Waals surface area contributed by atoms with Crippen LogP contribution in [-0.2, 0) is 16.4 Å². The summed E-state index contributed by atoms with van der Waals surface area (Å²) in [7, 11) is -4.07. The molecule has 1 aromatic heterocycles. The highest BCUT2D eigenvalue weighted by atomic mass is 32.2. The lowest BCUT2D eigenvalue weighted by molar-refractivity contribution is 0.0698. The van der Waals surface area contributed by atoms with Crippen molar-refractivity contribution in [1.82, 2.24) is 0 Å². The predicted molar refractivity (Wildman–Crippen MR) is 170 cm³/mol. The van der Waals surface area contributed by atoms with Gasteiger partial charge >= 0.3 is 5.97 Å². The Morgan fingerprint density at radius 3 is 2.39 bits per heavy atom. The number of rotatable bonds is 11. The van der Waals surface area contributed by atoms with Crippen LogP contribution in [-0.4, -0.2) is 37.1 Å². The van der Waals surface area contributed by atoms with Crippen LogP contribution >= 0.6 is 11.3 Å². The van der Waals surface area contributed by atoms with Crippen LogP contribution in [0.4, 0.5) is 11.4 Å². The number of aryl methyl sites for hydroxylation is 1. The van der Waals surface area contributed by atoms with Crippen molar-refractivity contribution in [3.8, 4) is 22.6 Å². The first-order chi connectivity index (χ1) is 21.1. The largest absolute Gasteiger partial charge is 0.508 e. The summed E-state index contributed by atoms with van der Waals surface area (Å²) in [6, 6.07) is 27.5. The van der Waals surface area contributed by atoms with Crippen LogP contribution in [0.5, 0.6) is 11.5 Å². The van der Waals surface area contributed by atoms with Crippen molar-refractivity contribution >= 4 is 44.6 Å². The number of carboxylic acid groups (broad SMARTS) is 1. The second-order valence-corrected chi connectivity index (χ2v) is 12.5. The summed E-state index contributed by atoms with van der Waals surface area (Å²) in [5.41, 5.74) is 4.82. The molecular formula is C33H28N2O7S2. The first kappa shape index (κ1) is 30.3. The number of carbonyl (C=O) groups excluding carboxylic acids is 1. The number of anilines is 2. The van der Waals surface area contributed by atoms with E-state index in [9.17, 15) is 28.2 Å². The summed E-state index contributed by atoms with van der Waals surface area (Å²) >= 11 is 0.849. The molecule has 0 radical (unpaired) electrons. The topological polar surface area (TPSA) is 142 Å². The molecule has 1 amide bonds. The Hall–Kier alpha value is -5.13. The molecule has 224 valence electrons. The third-order valence-corrected chi connectivity index (χ3v) is 9.15. The van der Waals surface area contributed by atoms with Gasteiger partial charge in [-0.25, -0.2) is 13.2 Å². The number of nitrogens with one attached hydrogen (secondary N) is 2. The minimum absolute atomic E-state index is 0.175. The van der Waals surface area contributed by atoms with Crippen molar-refractivity contribution in [3.05, 3.63) is 124 Å². The lowest BCUT2D eigenvalue weighted by Crippen LogP contribution is -2.15. The number of hydrogen-bond acceptors (Lipinski definition) is 7. The second kappa shape index (κ2) is 13.0. The van der Waals surface area contributed by atoms with Gasteiger partial charge < -0.3 is 20.3 Å². The highest BCUT2D eigenvalue weighted by Gasteiger charge is 2.24. The number of aromatic carboxylic acids is 1. The standard InChI is InChI=1S/C33H28N2O7S2/c1-21-18-26(34-32(37)25-6-3-5-24(20-25)23-8-11-28(36)12-9-23)10-13-29(21)42-16-14-22-4-2-7-27(19-22)35-44(40,41)30-15-17-43-31(30)33(38)39/h2-13,15,17-20,35-36H,14,16H2,1H3,(H,34,37)(H,38,39). The summed E-state index contributed by atoms with van der Waals surface area (Å²) in [6.45, 7) is 2.20. The van der Waals surface area contributed by atoms with Gasteiger partial charge in [-0.05, 0) is 95.2 Å². The Bertz CT molecular complexity index is 1930. The number of hydrogen-bond donors (Lipinski definition) is 4. The van der Waals surface area contributed by atoms with Gasteiger partial charge in [0.15, 0.2) is 0 Å². The molecule has 0 aliphatic rings. The Kier molecular flexibility index (Phi) is 8.98.